The Balaban J connectivity index is 1.42. The van der Waals surface area contributed by atoms with Crippen molar-refractivity contribution in [3.63, 3.8) is 0 Å². The van der Waals surface area contributed by atoms with Gasteiger partial charge in [0.05, 0.1) is 16.9 Å². The van der Waals surface area contributed by atoms with E-state index in [1.807, 2.05) is 103 Å². The van der Waals surface area contributed by atoms with Crippen LogP contribution < -0.4 is 4.90 Å². The number of hydrogen-bond acceptors (Lipinski definition) is 6. The third-order valence-corrected chi connectivity index (χ3v) is 6.85. The van der Waals surface area contributed by atoms with Crippen LogP contribution in [0.15, 0.2) is 140 Å². The quantitative estimate of drug-likeness (QED) is 0.0935. The summed E-state index contributed by atoms with van der Waals surface area (Å²) in [6.07, 6.45) is -1.84. The molecule has 0 aromatic heterocycles. The maximum atomic E-state index is 13.9. The molecule has 0 aliphatic heterocycles. The first kappa shape index (κ1) is 29.8. The second-order valence-electron chi connectivity index (χ2n) is 10.1. The predicted octanol–water partition coefficient (Wildman–Crippen LogP) is 8.13. The van der Waals surface area contributed by atoms with Crippen LogP contribution in [0.3, 0.4) is 0 Å². The lowest BCUT2D eigenvalue weighted by molar-refractivity contribution is -0.142. The van der Waals surface area contributed by atoms with E-state index in [0.717, 1.165) is 16.3 Å². The van der Waals surface area contributed by atoms with Gasteiger partial charge in [-0.1, -0.05) is 110 Å². The first-order valence-corrected chi connectivity index (χ1v) is 14.1. The summed E-state index contributed by atoms with van der Waals surface area (Å²) >= 11 is 0. The van der Waals surface area contributed by atoms with Crippen LogP contribution >= 0.6 is 0 Å². The summed E-state index contributed by atoms with van der Waals surface area (Å²) < 4.78 is 16.9. The third-order valence-electron chi connectivity index (χ3n) is 6.85. The van der Waals surface area contributed by atoms with Gasteiger partial charge in [0.2, 0.25) is 0 Å². The average Bonchev–Trinajstić information content (AvgIpc) is 3.06. The molecule has 7 nitrogen and oxygen atoms in total. The number of anilines is 2. The van der Waals surface area contributed by atoms with Crippen LogP contribution in [-0.4, -0.2) is 37.3 Å². The van der Waals surface area contributed by atoms with E-state index in [0.29, 0.717) is 22.5 Å². The van der Waals surface area contributed by atoms with E-state index in [1.165, 1.54) is 11.8 Å². The number of para-hydroxylation sites is 1. The second kappa shape index (κ2) is 14.0. The van der Waals surface area contributed by atoms with Gasteiger partial charge in [0.1, 0.15) is 13.2 Å². The van der Waals surface area contributed by atoms with Crippen LogP contribution in [-0.2, 0) is 19.0 Å². The molecular weight excluding hydrogens is 554 g/mol. The van der Waals surface area contributed by atoms with E-state index >= 15 is 0 Å². The highest BCUT2D eigenvalue weighted by molar-refractivity contribution is 6.06. The molecule has 1 amide bonds. The van der Waals surface area contributed by atoms with E-state index in [4.69, 9.17) is 14.2 Å². The number of nitrogens with zero attached hydrogens (tertiary/aromatic N) is 1. The van der Waals surface area contributed by atoms with Gasteiger partial charge in [-0.25, -0.2) is 19.3 Å². The van der Waals surface area contributed by atoms with E-state index in [9.17, 15) is 14.4 Å². The number of carbonyl (C=O) groups is 3. The molecule has 0 aliphatic rings. The lowest BCUT2D eigenvalue weighted by Gasteiger charge is -2.26. The molecular formula is C37H31NO6. The zero-order chi connectivity index (χ0) is 30.9. The molecule has 0 heterocycles. The average molecular weight is 586 g/mol. The number of hydrogen-bond donors (Lipinski definition) is 0. The molecule has 0 saturated carbocycles. The first-order chi connectivity index (χ1) is 21.4. The summed E-state index contributed by atoms with van der Waals surface area (Å²) in [5, 5.41) is 1.78. The topological polar surface area (TPSA) is 82.1 Å². The molecule has 0 saturated heterocycles. The summed E-state index contributed by atoms with van der Waals surface area (Å²) in [7, 11) is 0. The molecule has 1 atom stereocenters. The van der Waals surface area contributed by atoms with Crippen LogP contribution in [0, 0.1) is 0 Å². The normalized spacial score (nSPS) is 11.3. The van der Waals surface area contributed by atoms with Gasteiger partial charge < -0.3 is 14.2 Å². The number of amides is 1. The van der Waals surface area contributed by atoms with Gasteiger partial charge in [-0.2, -0.15) is 0 Å². The van der Waals surface area contributed by atoms with Gasteiger partial charge >= 0.3 is 18.0 Å². The van der Waals surface area contributed by atoms with Crippen molar-refractivity contribution in [3.8, 4) is 11.1 Å². The second-order valence-corrected chi connectivity index (χ2v) is 10.1. The van der Waals surface area contributed by atoms with E-state index < -0.39 is 24.1 Å². The Hall–Kier alpha value is -5.69. The number of fused-ring (bicyclic) bond motifs is 1. The van der Waals surface area contributed by atoms with Crippen molar-refractivity contribution in [1.82, 2.24) is 0 Å². The summed E-state index contributed by atoms with van der Waals surface area (Å²) in [6, 6.07) is 39.0. The summed E-state index contributed by atoms with van der Waals surface area (Å²) in [4.78, 5) is 40.9. The summed E-state index contributed by atoms with van der Waals surface area (Å²) in [5.41, 5.74) is 3.26. The Bertz CT molecular complexity index is 1780. The highest BCUT2D eigenvalue weighted by atomic mass is 16.6. The van der Waals surface area contributed by atoms with E-state index in [2.05, 4.69) is 6.58 Å². The van der Waals surface area contributed by atoms with E-state index in [1.54, 1.807) is 24.3 Å². The molecule has 0 fully saturated rings. The number of rotatable bonds is 10. The van der Waals surface area contributed by atoms with Crippen LogP contribution in [0.2, 0.25) is 0 Å². The van der Waals surface area contributed by atoms with Gasteiger partial charge in [0.25, 0.3) is 0 Å². The van der Waals surface area contributed by atoms with Crippen molar-refractivity contribution in [2.45, 2.75) is 13.0 Å². The van der Waals surface area contributed by atoms with Crippen molar-refractivity contribution in [2.75, 3.05) is 18.1 Å². The Kier molecular flexibility index (Phi) is 9.47. The SMILES string of the molecule is C=C(C)C(=O)OCC(COC(=O)c1ccccc1-c1ccccc1)OC(=O)N(c1ccccc1)c1cccc2ccccc12. The Morgan fingerprint density at radius 2 is 1.32 bits per heavy atom. The maximum Gasteiger partial charge on any atom is 0.419 e. The Morgan fingerprint density at radius 3 is 2.07 bits per heavy atom. The van der Waals surface area contributed by atoms with Crippen molar-refractivity contribution in [2.24, 2.45) is 0 Å². The van der Waals surface area contributed by atoms with Crippen LogP contribution in [0.5, 0.6) is 0 Å². The summed E-state index contributed by atoms with van der Waals surface area (Å²) in [5.74, 6) is -1.26. The number of ether oxygens (including phenoxy) is 3. The van der Waals surface area contributed by atoms with Gasteiger partial charge in [-0.15, -0.1) is 0 Å². The fraction of sp³-hybridized carbons (Fsp3) is 0.108. The zero-order valence-corrected chi connectivity index (χ0v) is 24.2. The molecule has 220 valence electrons. The van der Waals surface area contributed by atoms with E-state index in [-0.39, 0.29) is 18.8 Å². The van der Waals surface area contributed by atoms with Crippen LogP contribution in [0.1, 0.15) is 17.3 Å². The number of carbonyl (C=O) groups excluding carboxylic acids is 3. The molecule has 44 heavy (non-hydrogen) atoms. The predicted molar refractivity (Wildman–Crippen MR) is 171 cm³/mol. The minimum atomic E-state index is -1.11. The van der Waals surface area contributed by atoms with Crippen molar-refractivity contribution in [3.05, 3.63) is 145 Å². The molecule has 5 rings (SSSR count). The van der Waals surface area contributed by atoms with Crippen molar-refractivity contribution < 1.29 is 28.6 Å². The maximum absolute atomic E-state index is 13.9. The minimum absolute atomic E-state index is 0.186. The lowest BCUT2D eigenvalue weighted by Crippen LogP contribution is -2.36. The minimum Gasteiger partial charge on any atom is -0.458 e. The first-order valence-electron chi connectivity index (χ1n) is 14.1. The third kappa shape index (κ3) is 7.02. The highest BCUT2D eigenvalue weighted by Crippen LogP contribution is 2.33. The summed E-state index contributed by atoms with van der Waals surface area (Å²) in [6.45, 7) is 4.43. The molecule has 0 bridgehead atoms. The molecule has 0 radical (unpaired) electrons. The molecule has 7 heteroatoms. The molecule has 5 aromatic carbocycles. The van der Waals surface area contributed by atoms with Crippen LogP contribution in [0.25, 0.3) is 21.9 Å². The number of benzene rings is 5. The molecule has 1 unspecified atom stereocenters. The highest BCUT2D eigenvalue weighted by Gasteiger charge is 2.27. The zero-order valence-electron chi connectivity index (χ0n) is 24.2. The van der Waals surface area contributed by atoms with Crippen molar-refractivity contribution >= 4 is 40.2 Å². The molecule has 0 aliphatic carbocycles. The lowest BCUT2D eigenvalue weighted by atomic mass is 10.00. The van der Waals surface area contributed by atoms with Gasteiger partial charge in [-0.05, 0) is 47.7 Å². The smallest absolute Gasteiger partial charge is 0.419 e. The van der Waals surface area contributed by atoms with Crippen LogP contribution in [0.4, 0.5) is 16.2 Å². The molecule has 0 spiro atoms. The van der Waals surface area contributed by atoms with Gasteiger partial charge in [0.15, 0.2) is 6.10 Å². The fourth-order valence-electron chi connectivity index (χ4n) is 4.70. The number of esters is 2. The van der Waals surface area contributed by atoms with Crippen molar-refractivity contribution in [1.29, 1.82) is 0 Å². The monoisotopic (exact) mass is 585 g/mol. The van der Waals surface area contributed by atoms with Gasteiger partial charge in [0, 0.05) is 11.0 Å². The molecule has 5 aromatic rings. The largest absolute Gasteiger partial charge is 0.458 e. The molecule has 0 N–H and O–H groups in total. The van der Waals surface area contributed by atoms with Gasteiger partial charge in [-0.3, -0.25) is 0 Å². The standard InChI is InChI=1S/C37H31NO6/c1-26(2)35(39)42-24-30(25-43-36(40)33-22-12-11-20-31(33)27-14-5-3-6-15-27)44-37(41)38(29-18-7-4-8-19-29)34-23-13-17-28-16-9-10-21-32(28)34/h3-23,30H,1,24-25H2,2H3. The Morgan fingerprint density at radius 1 is 0.705 bits per heavy atom. The Labute approximate surface area is 255 Å². The fourth-order valence-corrected chi connectivity index (χ4v) is 4.70.